The largest absolute Gasteiger partial charge is 0.463 e. The number of furan rings is 1. The van der Waals surface area contributed by atoms with E-state index in [1.165, 1.54) is 5.56 Å². The maximum Gasteiger partial charge on any atom is 0.272 e. The summed E-state index contributed by atoms with van der Waals surface area (Å²) >= 11 is 0. The van der Waals surface area contributed by atoms with Crippen LogP contribution in [0.4, 0.5) is 5.69 Å². The Hall–Kier alpha value is -3.27. The second-order valence-corrected chi connectivity index (χ2v) is 6.60. The second-order valence-electron chi connectivity index (χ2n) is 6.60. The maximum absolute atomic E-state index is 12.9. The molecule has 130 valence electrons. The number of rotatable bonds is 4. The van der Waals surface area contributed by atoms with E-state index in [1.807, 2.05) is 47.9 Å². The Balaban J connectivity index is 1.69. The van der Waals surface area contributed by atoms with Crippen molar-refractivity contribution in [3.8, 4) is 0 Å². The van der Waals surface area contributed by atoms with E-state index in [1.54, 1.807) is 12.3 Å². The fraction of sp³-hybridized carbons (Fsp3) is 0.136. The summed E-state index contributed by atoms with van der Waals surface area (Å²) in [6.45, 7) is 4.70. The van der Waals surface area contributed by atoms with Gasteiger partial charge in [-0.25, -0.2) is 0 Å². The Morgan fingerprint density at radius 1 is 1.00 bits per heavy atom. The highest BCUT2D eigenvalue weighted by Gasteiger charge is 2.18. The average molecular weight is 344 g/mol. The Bertz CT molecular complexity index is 1070. The van der Waals surface area contributed by atoms with Gasteiger partial charge in [-0.3, -0.25) is 4.79 Å². The first kappa shape index (κ1) is 16.2. The number of hydrogen-bond acceptors (Lipinski definition) is 2. The Morgan fingerprint density at radius 3 is 2.58 bits per heavy atom. The summed E-state index contributed by atoms with van der Waals surface area (Å²) in [5, 5.41) is 2.97. The smallest absolute Gasteiger partial charge is 0.272 e. The zero-order chi connectivity index (χ0) is 18.1. The van der Waals surface area contributed by atoms with Crippen molar-refractivity contribution in [3.05, 3.63) is 89.3 Å². The van der Waals surface area contributed by atoms with Gasteiger partial charge in [0.1, 0.15) is 5.69 Å². The lowest BCUT2D eigenvalue weighted by atomic mass is 10.1. The molecule has 0 radical (unpaired) electrons. The summed E-state index contributed by atoms with van der Waals surface area (Å²) in [5.74, 6) is -0.145. The zero-order valence-corrected chi connectivity index (χ0v) is 14.8. The van der Waals surface area contributed by atoms with E-state index in [0.29, 0.717) is 17.8 Å². The van der Waals surface area contributed by atoms with E-state index in [0.717, 1.165) is 22.3 Å². The quantitative estimate of drug-likeness (QED) is 0.556. The number of carbonyl (C=O) groups excluding carboxylic acids is 1. The summed E-state index contributed by atoms with van der Waals surface area (Å²) in [6, 6.07) is 19.8. The summed E-state index contributed by atoms with van der Waals surface area (Å²) in [7, 11) is 0. The van der Waals surface area contributed by atoms with Gasteiger partial charge in [-0.05, 0) is 31.5 Å². The lowest BCUT2D eigenvalue weighted by Gasteiger charge is -2.11. The van der Waals surface area contributed by atoms with E-state index in [9.17, 15) is 4.79 Å². The molecule has 4 heteroatoms. The number of amides is 1. The van der Waals surface area contributed by atoms with Gasteiger partial charge in [0.2, 0.25) is 0 Å². The molecular weight excluding hydrogens is 324 g/mol. The van der Waals surface area contributed by atoms with Crippen LogP contribution >= 0.6 is 0 Å². The van der Waals surface area contributed by atoms with Crippen molar-refractivity contribution in [1.29, 1.82) is 0 Å². The third-order valence-electron chi connectivity index (χ3n) is 4.49. The van der Waals surface area contributed by atoms with Crippen molar-refractivity contribution in [3.63, 3.8) is 0 Å². The average Bonchev–Trinajstić information content (AvgIpc) is 3.20. The van der Waals surface area contributed by atoms with Gasteiger partial charge in [0.25, 0.3) is 5.91 Å². The van der Waals surface area contributed by atoms with E-state index in [4.69, 9.17) is 4.42 Å². The molecular formula is C22H20N2O2. The number of hydrogen-bond donors (Lipinski definition) is 1. The molecule has 1 amide bonds. The maximum atomic E-state index is 12.9. The van der Waals surface area contributed by atoms with Crippen LogP contribution < -0.4 is 5.32 Å². The summed E-state index contributed by atoms with van der Waals surface area (Å²) in [4.78, 5) is 12.9. The van der Waals surface area contributed by atoms with Crippen molar-refractivity contribution < 1.29 is 9.21 Å². The number of nitrogens with zero attached hydrogens (tertiary/aromatic N) is 1. The first-order chi connectivity index (χ1) is 12.6. The first-order valence-electron chi connectivity index (χ1n) is 8.60. The van der Waals surface area contributed by atoms with Crippen LogP contribution in [0.15, 0.2) is 71.3 Å². The number of benzene rings is 2. The molecule has 0 saturated carbocycles. The zero-order valence-electron chi connectivity index (χ0n) is 14.8. The molecule has 4 rings (SSSR count). The lowest BCUT2D eigenvalue weighted by Crippen LogP contribution is -2.17. The molecule has 2 aromatic carbocycles. The minimum atomic E-state index is -0.145. The standard InChI is InChI=1S/C22H20N2O2/c1-15-6-8-18(9-7-15)23-22(25)20-13-21-19(10-11-26-21)24(20)14-17-5-3-4-16(2)12-17/h3-13H,14H2,1-2H3,(H,23,25). The topological polar surface area (TPSA) is 47.2 Å². The van der Waals surface area contributed by atoms with Gasteiger partial charge in [0, 0.05) is 24.4 Å². The highest BCUT2D eigenvalue weighted by molar-refractivity contribution is 6.05. The van der Waals surface area contributed by atoms with Crippen LogP contribution in [0.1, 0.15) is 27.2 Å². The number of anilines is 1. The molecule has 4 aromatic rings. The van der Waals surface area contributed by atoms with Crippen LogP contribution in [0.25, 0.3) is 11.1 Å². The predicted molar refractivity (Wildman–Crippen MR) is 104 cm³/mol. The highest BCUT2D eigenvalue weighted by atomic mass is 16.3. The first-order valence-corrected chi connectivity index (χ1v) is 8.60. The van der Waals surface area contributed by atoms with Crippen LogP contribution in [0, 0.1) is 13.8 Å². The molecule has 26 heavy (non-hydrogen) atoms. The number of aromatic nitrogens is 1. The Labute approximate surface area is 152 Å². The van der Waals surface area contributed by atoms with Gasteiger partial charge in [-0.2, -0.15) is 0 Å². The number of nitrogens with one attached hydrogen (secondary N) is 1. The van der Waals surface area contributed by atoms with Crippen molar-refractivity contribution in [1.82, 2.24) is 4.57 Å². The van der Waals surface area contributed by atoms with E-state index in [2.05, 4.69) is 30.4 Å². The van der Waals surface area contributed by atoms with Crippen molar-refractivity contribution in [2.45, 2.75) is 20.4 Å². The fourth-order valence-corrected chi connectivity index (χ4v) is 3.16. The third-order valence-corrected chi connectivity index (χ3v) is 4.49. The summed E-state index contributed by atoms with van der Waals surface area (Å²) < 4.78 is 7.51. The Kier molecular flexibility index (Phi) is 4.09. The highest BCUT2D eigenvalue weighted by Crippen LogP contribution is 2.24. The van der Waals surface area contributed by atoms with E-state index in [-0.39, 0.29) is 5.91 Å². The molecule has 0 aliphatic rings. The van der Waals surface area contributed by atoms with Gasteiger partial charge in [-0.15, -0.1) is 0 Å². The summed E-state index contributed by atoms with van der Waals surface area (Å²) in [5.41, 5.74) is 6.49. The molecule has 0 aliphatic carbocycles. The monoisotopic (exact) mass is 344 g/mol. The molecule has 0 aliphatic heterocycles. The molecule has 0 bridgehead atoms. The third kappa shape index (κ3) is 3.14. The minimum Gasteiger partial charge on any atom is -0.463 e. The van der Waals surface area contributed by atoms with Crippen molar-refractivity contribution in [2.75, 3.05) is 5.32 Å². The minimum absolute atomic E-state index is 0.145. The van der Waals surface area contributed by atoms with E-state index < -0.39 is 0 Å². The van der Waals surface area contributed by atoms with Crippen LogP contribution in [-0.2, 0) is 6.54 Å². The van der Waals surface area contributed by atoms with Crippen LogP contribution in [0.2, 0.25) is 0 Å². The van der Waals surface area contributed by atoms with Gasteiger partial charge in [0.05, 0.1) is 11.8 Å². The van der Waals surface area contributed by atoms with Gasteiger partial charge < -0.3 is 14.3 Å². The van der Waals surface area contributed by atoms with Crippen molar-refractivity contribution >= 4 is 22.7 Å². The fourth-order valence-electron chi connectivity index (χ4n) is 3.16. The second kappa shape index (κ2) is 6.56. The van der Waals surface area contributed by atoms with Crippen molar-refractivity contribution in [2.24, 2.45) is 0 Å². The molecule has 4 nitrogen and oxygen atoms in total. The van der Waals surface area contributed by atoms with Gasteiger partial charge >= 0.3 is 0 Å². The van der Waals surface area contributed by atoms with E-state index >= 15 is 0 Å². The van der Waals surface area contributed by atoms with Gasteiger partial charge in [0.15, 0.2) is 5.58 Å². The lowest BCUT2D eigenvalue weighted by molar-refractivity contribution is 0.101. The molecule has 2 aromatic heterocycles. The van der Waals surface area contributed by atoms with Gasteiger partial charge in [-0.1, -0.05) is 47.5 Å². The Morgan fingerprint density at radius 2 is 1.81 bits per heavy atom. The number of aryl methyl sites for hydroxylation is 2. The molecule has 0 unspecified atom stereocenters. The normalized spacial score (nSPS) is 11.0. The number of fused-ring (bicyclic) bond motifs is 1. The van der Waals surface area contributed by atoms with Crippen LogP contribution in [-0.4, -0.2) is 10.5 Å². The molecule has 1 N–H and O–H groups in total. The molecule has 2 heterocycles. The molecule has 0 spiro atoms. The molecule has 0 saturated heterocycles. The SMILES string of the molecule is Cc1ccc(NC(=O)c2cc3occc3n2Cc2cccc(C)c2)cc1. The van der Waals surface area contributed by atoms with Crippen LogP contribution in [0.5, 0.6) is 0 Å². The predicted octanol–water partition coefficient (Wildman–Crippen LogP) is 5.15. The molecule has 0 fully saturated rings. The van der Waals surface area contributed by atoms with Crippen LogP contribution in [0.3, 0.4) is 0 Å². The summed E-state index contributed by atoms with van der Waals surface area (Å²) in [6.07, 6.45) is 1.65. The molecule has 0 atom stereocenters. The number of carbonyl (C=O) groups is 1.